The zero-order valence-electron chi connectivity index (χ0n) is 20.0. The number of rotatable bonds is 5. The maximum absolute atomic E-state index is 12.6. The number of imidazole rings is 1. The van der Waals surface area contributed by atoms with Crippen LogP contribution < -0.4 is 0 Å². The van der Waals surface area contributed by atoms with E-state index in [0.29, 0.717) is 17.7 Å². The molecule has 3 heterocycles. The SMILES string of the molecule is O=C(C1CC1)N1CC[C@@H](Cn2c(-c3ccc(-c4ccc5cc[nH]c5c4)cc3)nc3ccc(Br)cc32)C1. The van der Waals surface area contributed by atoms with E-state index >= 15 is 0 Å². The standard InChI is InChI=1S/C30H27BrN4O/c31-25-9-10-26-28(16-25)35(18-19-12-14-34(17-19)30(36)23-6-7-23)29(33-26)22-4-1-20(2-5-22)24-8-3-21-11-13-32-27(21)15-24/h1-5,8-11,13,15-16,19,23,32H,6-7,12,14,17-18H2/t19-/m1/s1. The number of amides is 1. The van der Waals surface area contributed by atoms with E-state index in [1.165, 1.54) is 16.5 Å². The fourth-order valence-electron chi connectivity index (χ4n) is 5.57. The van der Waals surface area contributed by atoms with Gasteiger partial charge in [0.1, 0.15) is 5.82 Å². The minimum atomic E-state index is 0.292. The molecular weight excluding hydrogens is 512 g/mol. The molecule has 2 fully saturated rings. The molecule has 36 heavy (non-hydrogen) atoms. The van der Waals surface area contributed by atoms with Crippen LogP contribution in [-0.4, -0.2) is 38.4 Å². The Labute approximate surface area is 218 Å². The Kier molecular flexibility index (Phi) is 5.24. The Morgan fingerprint density at radius 3 is 2.58 bits per heavy atom. The summed E-state index contributed by atoms with van der Waals surface area (Å²) < 4.78 is 3.41. The second kappa shape index (κ2) is 8.63. The van der Waals surface area contributed by atoms with Crippen LogP contribution in [0.4, 0.5) is 0 Å². The maximum Gasteiger partial charge on any atom is 0.225 e. The Balaban J connectivity index is 1.21. The molecule has 2 aliphatic rings. The third-order valence-electron chi connectivity index (χ3n) is 7.71. The fourth-order valence-corrected chi connectivity index (χ4v) is 5.92. The van der Waals surface area contributed by atoms with Gasteiger partial charge in [0.2, 0.25) is 5.91 Å². The van der Waals surface area contributed by atoms with Gasteiger partial charge in [-0.15, -0.1) is 0 Å². The summed E-state index contributed by atoms with van der Waals surface area (Å²) in [5.74, 6) is 2.08. The molecule has 0 unspecified atom stereocenters. The van der Waals surface area contributed by atoms with Gasteiger partial charge in [0.05, 0.1) is 11.0 Å². The molecule has 1 aliphatic heterocycles. The van der Waals surface area contributed by atoms with Crippen molar-refractivity contribution in [3.8, 4) is 22.5 Å². The fraction of sp³-hybridized carbons (Fsp3) is 0.267. The van der Waals surface area contributed by atoms with Gasteiger partial charge >= 0.3 is 0 Å². The molecule has 1 saturated heterocycles. The molecule has 5 aromatic rings. The molecule has 6 heteroatoms. The second-order valence-corrected chi connectivity index (χ2v) is 11.2. The normalized spacial score (nSPS) is 17.9. The summed E-state index contributed by atoms with van der Waals surface area (Å²) in [6, 6.07) is 23.6. The number of H-pyrrole nitrogens is 1. The summed E-state index contributed by atoms with van der Waals surface area (Å²) >= 11 is 3.65. The number of aromatic amines is 1. The molecule has 0 bridgehead atoms. The van der Waals surface area contributed by atoms with Crippen LogP contribution in [0.1, 0.15) is 19.3 Å². The largest absolute Gasteiger partial charge is 0.361 e. The first kappa shape index (κ1) is 21.9. The Hall–Kier alpha value is -3.38. The van der Waals surface area contributed by atoms with Crippen molar-refractivity contribution in [2.75, 3.05) is 13.1 Å². The van der Waals surface area contributed by atoms with Gasteiger partial charge in [0.25, 0.3) is 0 Å². The van der Waals surface area contributed by atoms with Crippen LogP contribution in [0.25, 0.3) is 44.5 Å². The van der Waals surface area contributed by atoms with Crippen LogP contribution in [0.5, 0.6) is 0 Å². The molecule has 3 aromatic carbocycles. The zero-order valence-corrected chi connectivity index (χ0v) is 21.5. The predicted molar refractivity (Wildman–Crippen MR) is 148 cm³/mol. The monoisotopic (exact) mass is 538 g/mol. The summed E-state index contributed by atoms with van der Waals surface area (Å²) in [7, 11) is 0. The second-order valence-electron chi connectivity index (χ2n) is 10.2. The van der Waals surface area contributed by atoms with Crippen molar-refractivity contribution < 1.29 is 4.79 Å². The maximum atomic E-state index is 12.6. The van der Waals surface area contributed by atoms with E-state index in [1.54, 1.807) is 0 Å². The van der Waals surface area contributed by atoms with Crippen molar-refractivity contribution >= 4 is 43.8 Å². The van der Waals surface area contributed by atoms with Crippen molar-refractivity contribution in [2.24, 2.45) is 11.8 Å². The topological polar surface area (TPSA) is 53.9 Å². The minimum absolute atomic E-state index is 0.292. The summed E-state index contributed by atoms with van der Waals surface area (Å²) in [4.78, 5) is 23.1. The molecule has 1 atom stereocenters. The Morgan fingerprint density at radius 2 is 1.75 bits per heavy atom. The average Bonchev–Trinajstić information content (AvgIpc) is 3.30. The van der Waals surface area contributed by atoms with Crippen LogP contribution in [-0.2, 0) is 11.3 Å². The highest BCUT2D eigenvalue weighted by molar-refractivity contribution is 9.10. The number of hydrogen-bond acceptors (Lipinski definition) is 2. The molecule has 1 aliphatic carbocycles. The third kappa shape index (κ3) is 3.94. The first-order chi connectivity index (χ1) is 17.6. The van der Waals surface area contributed by atoms with Crippen LogP contribution in [0.3, 0.4) is 0 Å². The summed E-state index contributed by atoms with van der Waals surface area (Å²) in [5, 5.41) is 1.22. The molecular formula is C30H27BrN4O. The number of hydrogen-bond donors (Lipinski definition) is 1. The van der Waals surface area contributed by atoms with Crippen LogP contribution in [0.2, 0.25) is 0 Å². The number of nitrogens with one attached hydrogen (secondary N) is 1. The van der Waals surface area contributed by atoms with Gasteiger partial charge < -0.3 is 14.5 Å². The lowest BCUT2D eigenvalue weighted by molar-refractivity contribution is -0.131. The first-order valence-corrected chi connectivity index (χ1v) is 13.5. The van der Waals surface area contributed by atoms with Crippen LogP contribution in [0.15, 0.2) is 77.4 Å². The molecule has 0 spiro atoms. The highest BCUT2D eigenvalue weighted by Gasteiger charge is 2.36. The lowest BCUT2D eigenvalue weighted by Crippen LogP contribution is -2.30. The van der Waals surface area contributed by atoms with Crippen molar-refractivity contribution in [3.63, 3.8) is 0 Å². The van der Waals surface area contributed by atoms with Crippen LogP contribution >= 0.6 is 15.9 Å². The molecule has 5 nitrogen and oxygen atoms in total. The number of aromatic nitrogens is 3. The van der Waals surface area contributed by atoms with Crippen molar-refractivity contribution in [1.29, 1.82) is 0 Å². The van der Waals surface area contributed by atoms with E-state index in [-0.39, 0.29) is 0 Å². The van der Waals surface area contributed by atoms with Gasteiger partial charge in [0, 0.05) is 47.3 Å². The van der Waals surface area contributed by atoms with Gasteiger partial charge in [-0.1, -0.05) is 52.3 Å². The highest BCUT2D eigenvalue weighted by Crippen LogP contribution is 2.35. The quantitative estimate of drug-likeness (QED) is 0.265. The predicted octanol–water partition coefficient (Wildman–Crippen LogP) is 6.87. The number of nitrogens with zero attached hydrogens (tertiary/aromatic N) is 3. The van der Waals surface area contributed by atoms with Gasteiger partial charge in [0.15, 0.2) is 0 Å². The average molecular weight is 539 g/mol. The minimum Gasteiger partial charge on any atom is -0.361 e. The molecule has 2 aromatic heterocycles. The van der Waals surface area contributed by atoms with E-state index in [4.69, 9.17) is 4.98 Å². The summed E-state index contributed by atoms with van der Waals surface area (Å²) in [6.07, 6.45) is 5.16. The van der Waals surface area contributed by atoms with Crippen molar-refractivity contribution in [2.45, 2.75) is 25.8 Å². The van der Waals surface area contributed by atoms with E-state index in [2.05, 4.69) is 97.1 Å². The van der Waals surface area contributed by atoms with E-state index in [0.717, 1.165) is 71.3 Å². The number of carbonyl (C=O) groups excluding carboxylic acids is 1. The van der Waals surface area contributed by atoms with Crippen molar-refractivity contribution in [1.82, 2.24) is 19.4 Å². The lowest BCUT2D eigenvalue weighted by atomic mass is 10.0. The number of fused-ring (bicyclic) bond motifs is 2. The summed E-state index contributed by atoms with van der Waals surface area (Å²) in [5.41, 5.74) is 6.77. The first-order valence-electron chi connectivity index (χ1n) is 12.7. The molecule has 0 radical (unpaired) electrons. The van der Waals surface area contributed by atoms with E-state index in [9.17, 15) is 4.79 Å². The third-order valence-corrected chi connectivity index (χ3v) is 8.20. The molecule has 1 N–H and O–H groups in total. The number of halogens is 1. The van der Waals surface area contributed by atoms with Crippen LogP contribution in [0, 0.1) is 11.8 Å². The number of benzene rings is 3. The molecule has 7 rings (SSSR count). The van der Waals surface area contributed by atoms with E-state index in [1.807, 2.05) is 6.20 Å². The summed E-state index contributed by atoms with van der Waals surface area (Å²) in [6.45, 7) is 2.59. The molecule has 180 valence electrons. The van der Waals surface area contributed by atoms with Gasteiger partial charge in [-0.05, 0) is 72.0 Å². The smallest absolute Gasteiger partial charge is 0.225 e. The van der Waals surface area contributed by atoms with Gasteiger partial charge in [-0.2, -0.15) is 0 Å². The van der Waals surface area contributed by atoms with Crippen molar-refractivity contribution in [3.05, 3.63) is 77.4 Å². The van der Waals surface area contributed by atoms with Gasteiger partial charge in [-0.3, -0.25) is 4.79 Å². The van der Waals surface area contributed by atoms with Gasteiger partial charge in [-0.25, -0.2) is 4.98 Å². The Bertz CT molecular complexity index is 1590. The lowest BCUT2D eigenvalue weighted by Gasteiger charge is -2.18. The number of likely N-dealkylation sites (tertiary alicyclic amines) is 1. The molecule has 1 saturated carbocycles. The number of carbonyl (C=O) groups is 1. The zero-order chi connectivity index (χ0) is 24.2. The van der Waals surface area contributed by atoms with E-state index < -0.39 is 0 Å². The highest BCUT2D eigenvalue weighted by atomic mass is 79.9. The Morgan fingerprint density at radius 1 is 0.944 bits per heavy atom. The molecule has 1 amide bonds.